The van der Waals surface area contributed by atoms with E-state index < -0.39 is 5.97 Å². The van der Waals surface area contributed by atoms with Crippen LogP contribution in [0.15, 0.2) is 52.9 Å². The van der Waals surface area contributed by atoms with Crippen molar-refractivity contribution in [3.8, 4) is 0 Å². The van der Waals surface area contributed by atoms with E-state index in [2.05, 4.69) is 0 Å². The van der Waals surface area contributed by atoms with Crippen LogP contribution in [0, 0.1) is 6.92 Å². The third kappa shape index (κ3) is 3.12. The molecule has 4 heteroatoms. The maximum atomic E-state index is 12.4. The molecule has 0 saturated heterocycles. The summed E-state index contributed by atoms with van der Waals surface area (Å²) in [5, 5.41) is 0.872. The Labute approximate surface area is 134 Å². The summed E-state index contributed by atoms with van der Waals surface area (Å²) in [6.07, 6.45) is 0. The quantitative estimate of drug-likeness (QED) is 0.661. The normalized spacial score (nSPS) is 10.9. The Morgan fingerprint density at radius 1 is 1.04 bits per heavy atom. The first-order valence-electron chi connectivity index (χ1n) is 7.41. The predicted molar refractivity (Wildman–Crippen MR) is 87.2 cm³/mol. The zero-order chi connectivity index (χ0) is 16.2. The summed E-state index contributed by atoms with van der Waals surface area (Å²) in [5.41, 5.74) is 3.44. The maximum absolute atomic E-state index is 12.4. The van der Waals surface area contributed by atoms with Gasteiger partial charge in [-0.2, -0.15) is 0 Å². The number of esters is 1. The van der Waals surface area contributed by atoms with Gasteiger partial charge in [-0.3, -0.25) is 0 Å². The van der Waals surface area contributed by atoms with Gasteiger partial charge in [0.15, 0.2) is 0 Å². The van der Waals surface area contributed by atoms with Crippen LogP contribution in [-0.2, 0) is 22.7 Å². The van der Waals surface area contributed by atoms with Crippen molar-refractivity contribution in [2.45, 2.75) is 20.1 Å². The molecular weight excluding hydrogens is 292 g/mol. The fraction of sp³-hybridized carbons (Fsp3) is 0.211. The largest absolute Gasteiger partial charge is 0.455 e. The van der Waals surface area contributed by atoms with Gasteiger partial charge in [0.2, 0.25) is 5.76 Å². The summed E-state index contributed by atoms with van der Waals surface area (Å²) in [6, 6.07) is 15.3. The lowest BCUT2D eigenvalue weighted by atomic mass is 10.1. The van der Waals surface area contributed by atoms with Crippen molar-refractivity contribution in [1.29, 1.82) is 0 Å². The van der Waals surface area contributed by atoms with Gasteiger partial charge in [0.25, 0.3) is 0 Å². The van der Waals surface area contributed by atoms with Crippen molar-refractivity contribution in [2.75, 3.05) is 7.11 Å². The van der Waals surface area contributed by atoms with Crippen molar-refractivity contribution in [1.82, 2.24) is 0 Å². The van der Waals surface area contributed by atoms with Crippen LogP contribution in [0.4, 0.5) is 0 Å². The molecule has 0 amide bonds. The number of furan rings is 1. The topological polar surface area (TPSA) is 48.7 Å². The van der Waals surface area contributed by atoms with E-state index in [-0.39, 0.29) is 12.4 Å². The monoisotopic (exact) mass is 310 g/mol. The number of hydrogen-bond acceptors (Lipinski definition) is 4. The Morgan fingerprint density at radius 3 is 2.57 bits per heavy atom. The van der Waals surface area contributed by atoms with Gasteiger partial charge in [0.05, 0.1) is 6.61 Å². The molecule has 118 valence electrons. The van der Waals surface area contributed by atoms with E-state index in [1.165, 1.54) is 0 Å². The zero-order valence-electron chi connectivity index (χ0n) is 13.2. The summed E-state index contributed by atoms with van der Waals surface area (Å²) in [4.78, 5) is 12.4. The van der Waals surface area contributed by atoms with Crippen LogP contribution in [0.3, 0.4) is 0 Å². The molecule has 1 aromatic heterocycles. The Kier molecular flexibility index (Phi) is 4.44. The number of ether oxygens (including phenoxy) is 2. The molecule has 0 unspecified atom stereocenters. The van der Waals surface area contributed by atoms with Crippen molar-refractivity contribution in [2.24, 2.45) is 0 Å². The van der Waals surface area contributed by atoms with Gasteiger partial charge in [0.1, 0.15) is 12.2 Å². The summed E-state index contributed by atoms with van der Waals surface area (Å²) in [5.74, 6) is -0.266. The minimum atomic E-state index is -0.475. The van der Waals surface area contributed by atoms with Crippen molar-refractivity contribution >= 4 is 16.9 Å². The minimum Gasteiger partial charge on any atom is -0.455 e. The molecule has 0 atom stereocenters. The summed E-state index contributed by atoms with van der Waals surface area (Å²) in [7, 11) is 1.59. The molecule has 0 aliphatic heterocycles. The first-order valence-corrected chi connectivity index (χ1v) is 7.41. The smallest absolute Gasteiger partial charge is 0.374 e. The van der Waals surface area contributed by atoms with Crippen LogP contribution in [0.25, 0.3) is 11.0 Å². The van der Waals surface area contributed by atoms with Crippen LogP contribution in [0.2, 0.25) is 0 Å². The predicted octanol–water partition coefficient (Wildman–Crippen LogP) is 4.24. The lowest BCUT2D eigenvalue weighted by Crippen LogP contribution is -2.07. The van der Waals surface area contributed by atoms with Gasteiger partial charge < -0.3 is 13.9 Å². The summed E-state index contributed by atoms with van der Waals surface area (Å²) < 4.78 is 16.3. The number of hydrogen-bond donors (Lipinski definition) is 0. The van der Waals surface area contributed by atoms with Gasteiger partial charge in [-0.25, -0.2) is 4.79 Å². The highest BCUT2D eigenvalue weighted by Crippen LogP contribution is 2.27. The molecule has 0 aliphatic rings. The van der Waals surface area contributed by atoms with Gasteiger partial charge in [-0.15, -0.1) is 0 Å². The number of para-hydroxylation sites is 1. The van der Waals surface area contributed by atoms with E-state index in [4.69, 9.17) is 13.9 Å². The molecule has 0 N–H and O–H groups in total. The Bertz CT molecular complexity index is 832. The average molecular weight is 310 g/mol. The van der Waals surface area contributed by atoms with Gasteiger partial charge in [-0.05, 0) is 24.1 Å². The molecule has 23 heavy (non-hydrogen) atoms. The third-order valence-electron chi connectivity index (χ3n) is 3.79. The highest BCUT2D eigenvalue weighted by molar-refractivity contribution is 5.96. The number of benzene rings is 2. The standard InChI is InChI=1S/C19H18O4/c1-13-7-3-4-8-14(13)11-22-19(20)18-16(12-21-2)15-9-5-6-10-17(15)23-18/h3-10H,11-12H2,1-2H3. The van der Waals surface area contributed by atoms with Crippen LogP contribution < -0.4 is 0 Å². The molecule has 4 nitrogen and oxygen atoms in total. The van der Waals surface area contributed by atoms with E-state index >= 15 is 0 Å². The number of methoxy groups -OCH3 is 1. The molecule has 0 aliphatic carbocycles. The fourth-order valence-corrected chi connectivity index (χ4v) is 2.53. The van der Waals surface area contributed by atoms with E-state index in [1.807, 2.05) is 55.5 Å². The molecule has 0 fully saturated rings. The Hall–Kier alpha value is -2.59. The number of fused-ring (bicyclic) bond motifs is 1. The highest BCUT2D eigenvalue weighted by atomic mass is 16.5. The lowest BCUT2D eigenvalue weighted by Gasteiger charge is -2.07. The van der Waals surface area contributed by atoms with Crippen molar-refractivity contribution in [3.05, 3.63) is 71.0 Å². The van der Waals surface area contributed by atoms with Gasteiger partial charge >= 0.3 is 5.97 Å². The second-order valence-electron chi connectivity index (χ2n) is 5.34. The van der Waals surface area contributed by atoms with Crippen molar-refractivity contribution in [3.63, 3.8) is 0 Å². The maximum Gasteiger partial charge on any atom is 0.374 e. The van der Waals surface area contributed by atoms with Gasteiger partial charge in [-0.1, -0.05) is 42.5 Å². The molecule has 0 radical (unpaired) electrons. The first-order chi connectivity index (χ1) is 11.2. The van der Waals surface area contributed by atoms with Gasteiger partial charge in [0, 0.05) is 18.1 Å². The second-order valence-corrected chi connectivity index (χ2v) is 5.34. The summed E-state index contributed by atoms with van der Waals surface area (Å²) in [6.45, 7) is 2.50. The molecule has 1 heterocycles. The molecular formula is C19H18O4. The molecule has 2 aromatic carbocycles. The zero-order valence-corrected chi connectivity index (χ0v) is 13.2. The summed E-state index contributed by atoms with van der Waals surface area (Å²) >= 11 is 0. The van der Waals surface area contributed by atoms with E-state index in [0.29, 0.717) is 12.2 Å². The van der Waals surface area contributed by atoms with Crippen molar-refractivity contribution < 1.29 is 18.7 Å². The number of rotatable bonds is 5. The third-order valence-corrected chi connectivity index (χ3v) is 3.79. The van der Waals surface area contributed by atoms with E-state index in [0.717, 1.165) is 22.1 Å². The Morgan fingerprint density at radius 2 is 1.78 bits per heavy atom. The molecule has 0 spiro atoms. The van der Waals surface area contributed by atoms with E-state index in [1.54, 1.807) is 7.11 Å². The van der Waals surface area contributed by atoms with Crippen LogP contribution in [0.1, 0.15) is 27.2 Å². The van der Waals surface area contributed by atoms with Crippen LogP contribution in [0.5, 0.6) is 0 Å². The molecule has 0 saturated carbocycles. The SMILES string of the molecule is COCc1c(C(=O)OCc2ccccc2C)oc2ccccc12. The lowest BCUT2D eigenvalue weighted by molar-refractivity contribution is 0.0432. The molecule has 3 aromatic rings. The fourth-order valence-electron chi connectivity index (χ4n) is 2.53. The number of carbonyl (C=O) groups excluding carboxylic acids is 1. The van der Waals surface area contributed by atoms with Crippen LogP contribution >= 0.6 is 0 Å². The van der Waals surface area contributed by atoms with Crippen LogP contribution in [-0.4, -0.2) is 13.1 Å². The first kappa shape index (κ1) is 15.3. The number of carbonyl (C=O) groups is 1. The Balaban J connectivity index is 1.86. The minimum absolute atomic E-state index is 0.210. The molecule has 0 bridgehead atoms. The van der Waals surface area contributed by atoms with E-state index in [9.17, 15) is 4.79 Å². The highest BCUT2D eigenvalue weighted by Gasteiger charge is 2.21. The average Bonchev–Trinajstić information content (AvgIpc) is 2.93. The second kappa shape index (κ2) is 6.67. The number of aryl methyl sites for hydroxylation is 1. The molecule has 3 rings (SSSR count).